The van der Waals surface area contributed by atoms with Gasteiger partial charge in [0.25, 0.3) is 0 Å². The fourth-order valence-electron chi connectivity index (χ4n) is 2.50. The standard InChI is InChI=1S/C17H17N3O3S/c1-10-15(16(22)23-2)24-17(19-10)20-14(21)8-7-11-9-18-13-6-4-3-5-12(11)13/h3-6,9,18H,7-8H2,1-2H3,(H,19,20,21). The lowest BCUT2D eigenvalue weighted by Crippen LogP contribution is -2.12. The summed E-state index contributed by atoms with van der Waals surface area (Å²) in [5.41, 5.74) is 2.72. The summed E-state index contributed by atoms with van der Waals surface area (Å²) < 4.78 is 4.69. The van der Waals surface area contributed by atoms with Crippen LogP contribution in [0.5, 0.6) is 0 Å². The van der Waals surface area contributed by atoms with Crippen molar-refractivity contribution in [2.45, 2.75) is 19.8 Å². The number of amides is 1. The average molecular weight is 343 g/mol. The van der Waals surface area contributed by atoms with Gasteiger partial charge in [-0.25, -0.2) is 9.78 Å². The molecule has 24 heavy (non-hydrogen) atoms. The number of methoxy groups -OCH3 is 1. The van der Waals surface area contributed by atoms with Gasteiger partial charge < -0.3 is 15.0 Å². The van der Waals surface area contributed by atoms with Gasteiger partial charge in [0.15, 0.2) is 5.13 Å². The Morgan fingerprint density at radius 2 is 2.12 bits per heavy atom. The lowest BCUT2D eigenvalue weighted by Gasteiger charge is -2.01. The Morgan fingerprint density at radius 1 is 1.33 bits per heavy atom. The van der Waals surface area contributed by atoms with Crippen LogP contribution in [-0.2, 0) is 16.0 Å². The number of benzene rings is 1. The van der Waals surface area contributed by atoms with Crippen LogP contribution < -0.4 is 5.32 Å². The molecule has 2 aromatic heterocycles. The van der Waals surface area contributed by atoms with Gasteiger partial charge in [0.1, 0.15) is 4.88 Å². The van der Waals surface area contributed by atoms with Crippen LogP contribution in [0, 0.1) is 6.92 Å². The molecule has 0 aliphatic rings. The summed E-state index contributed by atoms with van der Waals surface area (Å²) in [6, 6.07) is 7.99. The maximum absolute atomic E-state index is 12.1. The third kappa shape index (κ3) is 3.30. The summed E-state index contributed by atoms with van der Waals surface area (Å²) >= 11 is 1.12. The Balaban J connectivity index is 1.63. The minimum atomic E-state index is -0.440. The van der Waals surface area contributed by atoms with Crippen molar-refractivity contribution in [2.24, 2.45) is 0 Å². The second-order valence-corrected chi connectivity index (χ2v) is 6.33. The number of rotatable bonds is 5. The zero-order valence-corrected chi connectivity index (χ0v) is 14.2. The third-order valence-electron chi connectivity index (χ3n) is 3.71. The first-order valence-electron chi connectivity index (χ1n) is 7.49. The van der Waals surface area contributed by atoms with Crippen LogP contribution in [0.25, 0.3) is 10.9 Å². The summed E-state index contributed by atoms with van der Waals surface area (Å²) in [5, 5.41) is 4.28. The van der Waals surface area contributed by atoms with E-state index in [9.17, 15) is 9.59 Å². The molecule has 0 aliphatic heterocycles. The predicted molar refractivity (Wildman–Crippen MR) is 93.4 cm³/mol. The van der Waals surface area contributed by atoms with E-state index in [2.05, 4.69) is 20.0 Å². The molecule has 3 aromatic rings. The minimum Gasteiger partial charge on any atom is -0.465 e. The number of anilines is 1. The molecule has 0 fully saturated rings. The monoisotopic (exact) mass is 343 g/mol. The number of aromatic nitrogens is 2. The molecule has 0 bridgehead atoms. The van der Waals surface area contributed by atoms with Crippen molar-refractivity contribution in [1.29, 1.82) is 0 Å². The first-order valence-corrected chi connectivity index (χ1v) is 8.30. The molecule has 0 unspecified atom stereocenters. The van der Waals surface area contributed by atoms with Gasteiger partial charge in [-0.3, -0.25) is 4.79 Å². The highest BCUT2D eigenvalue weighted by atomic mass is 32.1. The van der Waals surface area contributed by atoms with Crippen molar-refractivity contribution < 1.29 is 14.3 Å². The summed E-state index contributed by atoms with van der Waals surface area (Å²) in [6.07, 6.45) is 2.90. The molecule has 0 saturated carbocycles. The molecule has 0 aliphatic carbocycles. The number of esters is 1. The number of hydrogen-bond donors (Lipinski definition) is 2. The summed E-state index contributed by atoms with van der Waals surface area (Å²) in [6.45, 7) is 1.71. The van der Waals surface area contributed by atoms with Gasteiger partial charge in [-0.15, -0.1) is 0 Å². The number of carbonyl (C=O) groups excluding carboxylic acids is 2. The van der Waals surface area contributed by atoms with E-state index in [1.54, 1.807) is 6.92 Å². The summed E-state index contributed by atoms with van der Waals surface area (Å²) in [4.78, 5) is 31.5. The maximum Gasteiger partial charge on any atom is 0.350 e. The number of fused-ring (bicyclic) bond motifs is 1. The molecule has 1 aromatic carbocycles. The van der Waals surface area contributed by atoms with Gasteiger partial charge in [0, 0.05) is 23.5 Å². The first kappa shape index (κ1) is 16.2. The van der Waals surface area contributed by atoms with Crippen LogP contribution in [0.1, 0.15) is 27.3 Å². The van der Waals surface area contributed by atoms with Crippen LogP contribution >= 0.6 is 11.3 Å². The van der Waals surface area contributed by atoms with Gasteiger partial charge in [0.05, 0.1) is 12.8 Å². The molecule has 2 N–H and O–H groups in total. The number of thiazole rings is 1. The van der Waals surface area contributed by atoms with E-state index < -0.39 is 5.97 Å². The highest BCUT2D eigenvalue weighted by Crippen LogP contribution is 2.24. The van der Waals surface area contributed by atoms with E-state index >= 15 is 0 Å². The molecule has 0 saturated heterocycles. The van der Waals surface area contributed by atoms with E-state index in [0.29, 0.717) is 28.5 Å². The summed E-state index contributed by atoms with van der Waals surface area (Å²) in [5.74, 6) is -0.574. The van der Waals surface area contributed by atoms with Crippen molar-refractivity contribution >= 4 is 39.2 Å². The average Bonchev–Trinajstić information content (AvgIpc) is 3.15. The van der Waals surface area contributed by atoms with Gasteiger partial charge >= 0.3 is 5.97 Å². The molecule has 7 heteroatoms. The molecule has 1 amide bonds. The van der Waals surface area contributed by atoms with E-state index in [1.165, 1.54) is 7.11 Å². The molecule has 3 rings (SSSR count). The van der Waals surface area contributed by atoms with Crippen molar-refractivity contribution in [1.82, 2.24) is 9.97 Å². The van der Waals surface area contributed by atoms with Crippen molar-refractivity contribution in [3.05, 3.63) is 46.6 Å². The van der Waals surface area contributed by atoms with E-state index in [1.807, 2.05) is 30.5 Å². The van der Waals surface area contributed by atoms with E-state index in [4.69, 9.17) is 0 Å². The Kier molecular flexibility index (Phi) is 4.61. The van der Waals surface area contributed by atoms with Crippen LogP contribution in [0.15, 0.2) is 30.5 Å². The Labute approximate surface area is 142 Å². The summed E-state index contributed by atoms with van der Waals surface area (Å²) in [7, 11) is 1.32. The molecule has 0 atom stereocenters. The zero-order chi connectivity index (χ0) is 17.1. The molecular formula is C17H17N3O3S. The number of H-pyrrole nitrogens is 1. The molecule has 0 spiro atoms. The van der Waals surface area contributed by atoms with E-state index in [-0.39, 0.29) is 5.91 Å². The van der Waals surface area contributed by atoms with Gasteiger partial charge in [-0.1, -0.05) is 29.5 Å². The Morgan fingerprint density at radius 3 is 2.92 bits per heavy atom. The quantitative estimate of drug-likeness (QED) is 0.696. The second-order valence-electron chi connectivity index (χ2n) is 5.33. The topological polar surface area (TPSA) is 84.1 Å². The molecule has 6 nitrogen and oxygen atoms in total. The Bertz CT molecular complexity index is 898. The van der Waals surface area contributed by atoms with Crippen molar-refractivity contribution in [2.75, 3.05) is 12.4 Å². The number of aryl methyl sites for hydroxylation is 2. The predicted octanol–water partition coefficient (Wildman–Crippen LogP) is 3.29. The number of hydrogen-bond acceptors (Lipinski definition) is 5. The van der Waals surface area contributed by atoms with E-state index in [0.717, 1.165) is 27.8 Å². The number of aromatic amines is 1. The fraction of sp³-hybridized carbons (Fsp3) is 0.235. The van der Waals surface area contributed by atoms with Crippen molar-refractivity contribution in [3.63, 3.8) is 0 Å². The highest BCUT2D eigenvalue weighted by Gasteiger charge is 2.17. The number of nitrogens with zero attached hydrogens (tertiary/aromatic N) is 1. The maximum atomic E-state index is 12.1. The fourth-order valence-corrected chi connectivity index (χ4v) is 3.40. The first-order chi connectivity index (χ1) is 11.6. The van der Waals surface area contributed by atoms with Crippen LogP contribution in [0.3, 0.4) is 0 Å². The molecule has 0 radical (unpaired) electrons. The smallest absolute Gasteiger partial charge is 0.350 e. The zero-order valence-electron chi connectivity index (χ0n) is 13.4. The number of ether oxygens (including phenoxy) is 1. The highest BCUT2D eigenvalue weighted by molar-refractivity contribution is 7.17. The Hall–Kier alpha value is -2.67. The van der Waals surface area contributed by atoms with Crippen LogP contribution in [0.2, 0.25) is 0 Å². The largest absolute Gasteiger partial charge is 0.465 e. The lowest BCUT2D eigenvalue weighted by molar-refractivity contribution is -0.116. The number of carbonyl (C=O) groups is 2. The van der Waals surface area contributed by atoms with Gasteiger partial charge in [-0.2, -0.15) is 0 Å². The van der Waals surface area contributed by atoms with Crippen LogP contribution in [0.4, 0.5) is 5.13 Å². The lowest BCUT2D eigenvalue weighted by atomic mass is 10.1. The van der Waals surface area contributed by atoms with Crippen molar-refractivity contribution in [3.8, 4) is 0 Å². The third-order valence-corrected chi connectivity index (χ3v) is 4.76. The van der Waals surface area contributed by atoms with Gasteiger partial charge in [0.2, 0.25) is 5.91 Å². The SMILES string of the molecule is COC(=O)c1sc(NC(=O)CCc2c[nH]c3ccccc23)nc1C. The molecular weight excluding hydrogens is 326 g/mol. The second kappa shape index (κ2) is 6.84. The molecule has 124 valence electrons. The number of nitrogens with one attached hydrogen (secondary N) is 2. The van der Waals surface area contributed by atoms with Gasteiger partial charge in [-0.05, 0) is 25.0 Å². The minimum absolute atomic E-state index is 0.134. The molecule has 2 heterocycles. The number of para-hydroxylation sites is 1. The normalized spacial score (nSPS) is 10.8. The van der Waals surface area contributed by atoms with Crippen LogP contribution in [-0.4, -0.2) is 29.0 Å².